The van der Waals surface area contributed by atoms with Gasteiger partial charge < -0.3 is 22.9 Å². The molecule has 0 aliphatic rings. The maximum Gasteiger partial charge on any atom is 0.0550 e. The molecule has 0 amide bonds. The molecule has 0 aliphatic heterocycles. The van der Waals surface area contributed by atoms with Crippen LogP contribution in [0.2, 0.25) is 0 Å². The average Bonchev–Trinajstić information content (AvgIpc) is 2.29. The summed E-state index contributed by atoms with van der Waals surface area (Å²) in [5.74, 6) is 0. The fraction of sp³-hybridized carbons (Fsp3) is 0.0769. The number of para-hydroxylation sites is 2. The topological polar surface area (TPSA) is 104 Å². The van der Waals surface area contributed by atoms with E-state index >= 15 is 0 Å². The van der Waals surface area contributed by atoms with Gasteiger partial charge in [0.2, 0.25) is 0 Å². The smallest absolute Gasteiger partial charge is 0.0550 e. The van der Waals surface area contributed by atoms with Gasteiger partial charge in [-0.3, -0.25) is 0 Å². The molecule has 2 rings (SSSR count). The van der Waals surface area contributed by atoms with Gasteiger partial charge in [-0.2, -0.15) is 0 Å². The van der Waals surface area contributed by atoms with Crippen LogP contribution in [0.1, 0.15) is 5.56 Å². The molecule has 0 bridgehead atoms. The largest absolute Gasteiger partial charge is 0.397 e. The Hall–Kier alpha value is -2.36. The predicted molar refractivity (Wildman–Crippen MR) is 75.3 cm³/mol. The van der Waals surface area contributed by atoms with E-state index in [1.807, 2.05) is 37.3 Å². The molecule has 0 aromatic heterocycles. The van der Waals surface area contributed by atoms with Gasteiger partial charge in [0.05, 0.1) is 22.7 Å². The quantitative estimate of drug-likeness (QED) is 0.519. The molecule has 0 heterocycles. The minimum absolute atomic E-state index is 0.646. The molecule has 4 heteroatoms. The second-order valence-electron chi connectivity index (χ2n) is 3.76. The van der Waals surface area contributed by atoms with Crippen LogP contribution < -0.4 is 22.9 Å². The van der Waals surface area contributed by atoms with E-state index in [1.165, 1.54) is 0 Å². The van der Waals surface area contributed by atoms with Crippen LogP contribution in [0, 0.1) is 6.92 Å². The van der Waals surface area contributed by atoms with Gasteiger partial charge in [-0.25, -0.2) is 0 Å². The van der Waals surface area contributed by atoms with Crippen molar-refractivity contribution < 1.29 is 0 Å². The predicted octanol–water partition coefficient (Wildman–Crippen LogP) is 2.01. The zero-order valence-electron chi connectivity index (χ0n) is 9.85. The van der Waals surface area contributed by atoms with Crippen LogP contribution in [0.3, 0.4) is 0 Å². The second-order valence-corrected chi connectivity index (χ2v) is 3.76. The Labute approximate surface area is 101 Å². The monoisotopic (exact) mass is 230 g/mol. The summed E-state index contributed by atoms with van der Waals surface area (Å²) in [6, 6.07) is 12.9. The maximum atomic E-state index is 5.50. The SMILES string of the molecule is Cc1ccc(N)c(N)c1.Nc1ccccc1N. The second kappa shape index (κ2) is 5.65. The Morgan fingerprint density at radius 1 is 0.647 bits per heavy atom. The van der Waals surface area contributed by atoms with Crippen molar-refractivity contribution in [3.63, 3.8) is 0 Å². The normalized spacial score (nSPS) is 9.24. The van der Waals surface area contributed by atoms with Crippen LogP contribution >= 0.6 is 0 Å². The Morgan fingerprint density at radius 3 is 1.47 bits per heavy atom. The van der Waals surface area contributed by atoms with Gasteiger partial charge in [0, 0.05) is 0 Å². The molecule has 17 heavy (non-hydrogen) atoms. The van der Waals surface area contributed by atoms with Crippen LogP contribution in [0.25, 0.3) is 0 Å². The Kier molecular flexibility index (Phi) is 4.22. The van der Waals surface area contributed by atoms with E-state index in [2.05, 4.69) is 0 Å². The van der Waals surface area contributed by atoms with Gasteiger partial charge in [0.25, 0.3) is 0 Å². The van der Waals surface area contributed by atoms with Crippen LogP contribution in [0.4, 0.5) is 22.7 Å². The molecule has 0 unspecified atom stereocenters. The van der Waals surface area contributed by atoms with Crippen molar-refractivity contribution in [2.45, 2.75) is 6.92 Å². The van der Waals surface area contributed by atoms with Crippen molar-refractivity contribution in [3.8, 4) is 0 Å². The first-order valence-corrected chi connectivity index (χ1v) is 5.22. The van der Waals surface area contributed by atoms with Crippen molar-refractivity contribution >= 4 is 22.7 Å². The third-order valence-corrected chi connectivity index (χ3v) is 2.24. The lowest BCUT2D eigenvalue weighted by Gasteiger charge is -1.98. The summed E-state index contributed by atoms with van der Waals surface area (Å²) in [4.78, 5) is 0. The third kappa shape index (κ3) is 3.95. The lowest BCUT2D eigenvalue weighted by Crippen LogP contribution is -1.93. The fourth-order valence-electron chi connectivity index (χ4n) is 1.21. The number of hydrogen-bond donors (Lipinski definition) is 4. The van der Waals surface area contributed by atoms with E-state index in [4.69, 9.17) is 22.9 Å². The molecule has 90 valence electrons. The standard InChI is InChI=1S/C7H10N2.C6H8N2/c1-5-2-3-6(8)7(9)4-5;7-5-3-1-2-4-6(5)8/h2-4H,8-9H2,1H3;1-4H,7-8H2. The van der Waals surface area contributed by atoms with Gasteiger partial charge in [-0.15, -0.1) is 0 Å². The van der Waals surface area contributed by atoms with E-state index in [0.717, 1.165) is 5.56 Å². The van der Waals surface area contributed by atoms with Crippen LogP contribution in [0.5, 0.6) is 0 Å². The highest BCUT2D eigenvalue weighted by molar-refractivity contribution is 5.63. The molecule has 4 nitrogen and oxygen atoms in total. The lowest BCUT2D eigenvalue weighted by molar-refractivity contribution is 1.47. The van der Waals surface area contributed by atoms with E-state index in [9.17, 15) is 0 Å². The number of nitrogens with two attached hydrogens (primary N) is 4. The molecule has 2 aromatic carbocycles. The molecule has 0 atom stereocenters. The molecule has 0 aliphatic carbocycles. The minimum Gasteiger partial charge on any atom is -0.397 e. The number of benzene rings is 2. The van der Waals surface area contributed by atoms with Gasteiger partial charge in [-0.1, -0.05) is 18.2 Å². The van der Waals surface area contributed by atoms with Crippen molar-refractivity contribution in [2.75, 3.05) is 22.9 Å². The first-order valence-electron chi connectivity index (χ1n) is 5.22. The summed E-state index contributed by atoms with van der Waals surface area (Å²) >= 11 is 0. The first kappa shape index (κ1) is 12.7. The van der Waals surface area contributed by atoms with E-state index in [-0.39, 0.29) is 0 Å². The molecule has 8 N–H and O–H groups in total. The van der Waals surface area contributed by atoms with Crippen molar-refractivity contribution in [1.29, 1.82) is 0 Å². The van der Waals surface area contributed by atoms with Gasteiger partial charge in [-0.05, 0) is 36.8 Å². The number of anilines is 4. The summed E-state index contributed by atoms with van der Waals surface area (Å²) in [5.41, 5.74) is 25.5. The van der Waals surface area contributed by atoms with Crippen LogP contribution in [0.15, 0.2) is 42.5 Å². The average molecular weight is 230 g/mol. The van der Waals surface area contributed by atoms with E-state index in [1.54, 1.807) is 12.1 Å². The van der Waals surface area contributed by atoms with Crippen molar-refractivity contribution in [3.05, 3.63) is 48.0 Å². The summed E-state index contributed by atoms with van der Waals surface area (Å²) < 4.78 is 0. The van der Waals surface area contributed by atoms with Gasteiger partial charge >= 0.3 is 0 Å². The Morgan fingerprint density at radius 2 is 1.12 bits per heavy atom. The van der Waals surface area contributed by atoms with E-state index < -0.39 is 0 Å². The Balaban J connectivity index is 0.000000171. The molecule has 0 spiro atoms. The lowest BCUT2D eigenvalue weighted by atomic mass is 10.2. The third-order valence-electron chi connectivity index (χ3n) is 2.24. The summed E-state index contributed by atoms with van der Waals surface area (Å²) in [5, 5.41) is 0. The highest BCUT2D eigenvalue weighted by Gasteiger charge is 1.90. The minimum atomic E-state index is 0.646. The molecular weight excluding hydrogens is 212 g/mol. The van der Waals surface area contributed by atoms with Crippen molar-refractivity contribution in [2.24, 2.45) is 0 Å². The van der Waals surface area contributed by atoms with Crippen LogP contribution in [-0.2, 0) is 0 Å². The number of nitrogen functional groups attached to an aromatic ring is 4. The molecule has 0 saturated heterocycles. The number of rotatable bonds is 0. The molecular formula is C13H18N4. The van der Waals surface area contributed by atoms with E-state index in [0.29, 0.717) is 22.7 Å². The summed E-state index contributed by atoms with van der Waals surface area (Å²) in [7, 11) is 0. The zero-order chi connectivity index (χ0) is 12.8. The summed E-state index contributed by atoms with van der Waals surface area (Å²) in [6.07, 6.45) is 0. The fourth-order valence-corrected chi connectivity index (χ4v) is 1.21. The number of aryl methyl sites for hydroxylation is 1. The molecule has 2 aromatic rings. The molecule has 0 fully saturated rings. The zero-order valence-corrected chi connectivity index (χ0v) is 9.85. The number of hydrogen-bond acceptors (Lipinski definition) is 4. The van der Waals surface area contributed by atoms with Crippen molar-refractivity contribution in [1.82, 2.24) is 0 Å². The maximum absolute atomic E-state index is 5.50. The van der Waals surface area contributed by atoms with Gasteiger partial charge in [0.15, 0.2) is 0 Å². The Bertz CT molecular complexity index is 474. The summed E-state index contributed by atoms with van der Waals surface area (Å²) in [6.45, 7) is 1.98. The highest BCUT2D eigenvalue weighted by atomic mass is 14.7. The molecule has 0 radical (unpaired) electrons. The van der Waals surface area contributed by atoms with Gasteiger partial charge in [0.1, 0.15) is 0 Å². The first-order chi connectivity index (χ1) is 8.00. The molecule has 0 saturated carbocycles. The van der Waals surface area contributed by atoms with Crippen LogP contribution in [-0.4, -0.2) is 0 Å². The highest BCUT2D eigenvalue weighted by Crippen LogP contribution is 2.14.